The first-order valence-corrected chi connectivity index (χ1v) is 15.3. The van der Waals surface area contributed by atoms with Crippen molar-refractivity contribution in [3.63, 3.8) is 0 Å². The number of amides is 1. The molecule has 41 heavy (non-hydrogen) atoms. The highest BCUT2D eigenvalue weighted by molar-refractivity contribution is 7.89. The number of hydrogen-bond acceptors (Lipinski definition) is 6. The summed E-state index contributed by atoms with van der Waals surface area (Å²) in [6, 6.07) is 4.84. The average Bonchev–Trinajstić information content (AvgIpc) is 3.51. The Morgan fingerprint density at radius 2 is 1.80 bits per heavy atom. The number of aliphatic imine (C=N–C) groups is 1. The molecule has 1 fully saturated rings. The quantitative estimate of drug-likeness (QED) is 0.366. The van der Waals surface area contributed by atoms with Gasteiger partial charge in [-0.05, 0) is 70.2 Å². The molecule has 0 atom stereocenters. The molecule has 2 N–H and O–H groups in total. The van der Waals surface area contributed by atoms with E-state index in [-0.39, 0.29) is 24.7 Å². The maximum atomic E-state index is 14.3. The highest BCUT2D eigenvalue weighted by Gasteiger charge is 2.39. The van der Waals surface area contributed by atoms with Crippen LogP contribution in [-0.2, 0) is 22.7 Å². The van der Waals surface area contributed by atoms with Gasteiger partial charge in [0, 0.05) is 36.4 Å². The van der Waals surface area contributed by atoms with Crippen LogP contribution in [0.1, 0.15) is 80.9 Å². The zero-order valence-electron chi connectivity index (χ0n) is 23.8. The molecule has 224 valence electrons. The molecule has 0 spiro atoms. The SMILES string of the molecule is Cc1c(C(=O)NCCC2=NCN=N2)cc(-c2ccc(S(=O)(=O)NC(C)(C)C)c(C(F)(F)F)c2)n1CC1CCCCC1. The van der Waals surface area contributed by atoms with Crippen LogP contribution in [0.25, 0.3) is 11.3 Å². The number of carbonyl (C=O) groups is 1. The fraction of sp³-hybridized carbons (Fsp3) is 0.571. The van der Waals surface area contributed by atoms with E-state index in [4.69, 9.17) is 0 Å². The normalized spacial score (nSPS) is 16.7. The maximum Gasteiger partial charge on any atom is 0.417 e. The third kappa shape index (κ3) is 7.62. The van der Waals surface area contributed by atoms with Crippen LogP contribution in [0.3, 0.4) is 0 Å². The van der Waals surface area contributed by atoms with Crippen molar-refractivity contribution < 1.29 is 26.4 Å². The molecule has 1 aliphatic heterocycles. The van der Waals surface area contributed by atoms with E-state index in [2.05, 4.69) is 25.3 Å². The molecular weight excluding hydrogens is 557 g/mol. The zero-order valence-corrected chi connectivity index (χ0v) is 24.6. The Hall–Kier alpha value is -3.06. The van der Waals surface area contributed by atoms with Gasteiger partial charge in [0.2, 0.25) is 10.0 Å². The number of rotatable bonds is 9. The average molecular weight is 595 g/mol. The Morgan fingerprint density at radius 3 is 2.41 bits per heavy atom. The second-order valence-corrected chi connectivity index (χ2v) is 13.3. The number of nitrogens with one attached hydrogen (secondary N) is 2. The molecule has 0 unspecified atom stereocenters. The van der Waals surface area contributed by atoms with Crippen LogP contribution in [0.2, 0.25) is 0 Å². The molecule has 9 nitrogen and oxygen atoms in total. The molecule has 1 saturated carbocycles. The van der Waals surface area contributed by atoms with Crippen LogP contribution in [0.5, 0.6) is 0 Å². The Labute approximate surface area is 238 Å². The lowest BCUT2D eigenvalue weighted by Crippen LogP contribution is -2.41. The largest absolute Gasteiger partial charge is 0.417 e. The van der Waals surface area contributed by atoms with Crippen molar-refractivity contribution >= 4 is 21.8 Å². The predicted molar refractivity (Wildman–Crippen MR) is 150 cm³/mol. The number of carbonyl (C=O) groups excluding carboxylic acids is 1. The number of amidine groups is 1. The minimum Gasteiger partial charge on any atom is -0.352 e. The van der Waals surface area contributed by atoms with Gasteiger partial charge in [0.15, 0.2) is 6.67 Å². The van der Waals surface area contributed by atoms with Gasteiger partial charge < -0.3 is 9.88 Å². The van der Waals surface area contributed by atoms with Crippen LogP contribution in [0, 0.1) is 12.8 Å². The van der Waals surface area contributed by atoms with Crippen molar-refractivity contribution in [2.24, 2.45) is 21.1 Å². The Balaban J connectivity index is 1.74. The number of aromatic nitrogens is 1. The summed E-state index contributed by atoms with van der Waals surface area (Å²) < 4.78 is 72.9. The van der Waals surface area contributed by atoms with Crippen LogP contribution >= 0.6 is 0 Å². The summed E-state index contributed by atoms with van der Waals surface area (Å²) in [6.45, 7) is 7.58. The number of hydrogen-bond donors (Lipinski definition) is 2. The summed E-state index contributed by atoms with van der Waals surface area (Å²) in [7, 11) is -4.46. The van der Waals surface area contributed by atoms with Crippen LogP contribution in [0.4, 0.5) is 13.2 Å². The van der Waals surface area contributed by atoms with Gasteiger partial charge in [-0.3, -0.25) is 4.79 Å². The standard InChI is InChI=1S/C28H37F3N6O3S/c1-18-21(26(38)32-13-12-25-33-17-34-35-25)15-23(37(18)16-19-8-6-5-7-9-19)20-10-11-24(22(14-20)28(29,30)31)41(39,40)36-27(2,3)4/h10-11,14-15,19,36H,5-9,12-13,16-17H2,1-4H3,(H,32,38). The van der Waals surface area contributed by atoms with Crippen molar-refractivity contribution in [1.82, 2.24) is 14.6 Å². The lowest BCUT2D eigenvalue weighted by atomic mass is 9.89. The van der Waals surface area contributed by atoms with Gasteiger partial charge in [0.25, 0.3) is 5.91 Å². The molecule has 1 aromatic heterocycles. The molecule has 0 bridgehead atoms. The molecule has 0 radical (unpaired) electrons. The fourth-order valence-electron chi connectivity index (χ4n) is 5.35. The van der Waals surface area contributed by atoms with Gasteiger partial charge >= 0.3 is 6.18 Å². The van der Waals surface area contributed by atoms with Crippen molar-refractivity contribution in [2.45, 2.75) is 89.4 Å². The maximum absolute atomic E-state index is 14.3. The molecule has 2 aliphatic rings. The minimum absolute atomic E-state index is 0.186. The molecular formula is C28H37F3N6O3S. The number of azo groups is 1. The van der Waals surface area contributed by atoms with Gasteiger partial charge in [-0.1, -0.05) is 25.3 Å². The fourth-order valence-corrected chi connectivity index (χ4v) is 6.98. The molecule has 2 aromatic rings. The van der Waals surface area contributed by atoms with Gasteiger partial charge in [-0.25, -0.2) is 18.1 Å². The summed E-state index contributed by atoms with van der Waals surface area (Å²) in [5.41, 5.74) is -0.615. The van der Waals surface area contributed by atoms with Crippen molar-refractivity contribution in [2.75, 3.05) is 13.2 Å². The molecule has 2 heterocycles. The van der Waals surface area contributed by atoms with E-state index in [0.717, 1.165) is 44.2 Å². The van der Waals surface area contributed by atoms with E-state index >= 15 is 0 Å². The lowest BCUT2D eigenvalue weighted by Gasteiger charge is -2.25. The zero-order chi connectivity index (χ0) is 30.0. The second kappa shape index (κ2) is 12.0. The number of benzene rings is 1. The summed E-state index contributed by atoms with van der Waals surface area (Å²) in [4.78, 5) is 16.5. The molecule has 1 aliphatic carbocycles. The molecule has 1 amide bonds. The third-order valence-corrected chi connectivity index (χ3v) is 9.04. The lowest BCUT2D eigenvalue weighted by molar-refractivity contribution is -0.139. The van der Waals surface area contributed by atoms with Crippen LogP contribution in [0.15, 0.2) is 44.4 Å². The first-order chi connectivity index (χ1) is 19.2. The van der Waals surface area contributed by atoms with Crippen LogP contribution in [-0.4, -0.2) is 43.5 Å². The van der Waals surface area contributed by atoms with Crippen molar-refractivity contribution in [1.29, 1.82) is 0 Å². The van der Waals surface area contributed by atoms with Crippen molar-refractivity contribution in [3.05, 3.63) is 41.1 Å². The van der Waals surface area contributed by atoms with Gasteiger partial charge in [-0.15, -0.1) is 5.11 Å². The molecule has 13 heteroatoms. The summed E-state index contributed by atoms with van der Waals surface area (Å²) >= 11 is 0. The second-order valence-electron chi connectivity index (χ2n) is 11.7. The topological polar surface area (TPSA) is 117 Å². The first-order valence-electron chi connectivity index (χ1n) is 13.8. The van der Waals surface area contributed by atoms with Crippen LogP contribution < -0.4 is 10.0 Å². The smallest absolute Gasteiger partial charge is 0.352 e. The highest BCUT2D eigenvalue weighted by atomic mass is 32.2. The van der Waals surface area contributed by atoms with Gasteiger partial charge in [-0.2, -0.15) is 18.3 Å². The first kappa shape index (κ1) is 30.9. The molecule has 1 aromatic carbocycles. The van der Waals surface area contributed by atoms with E-state index in [1.807, 2.05) is 4.57 Å². The van der Waals surface area contributed by atoms with E-state index in [1.54, 1.807) is 33.8 Å². The minimum atomic E-state index is -4.92. The van der Waals surface area contributed by atoms with Gasteiger partial charge in [0.05, 0.1) is 16.0 Å². The Bertz CT molecular complexity index is 1450. The molecule has 4 rings (SSSR count). The number of nitrogens with zero attached hydrogens (tertiary/aromatic N) is 4. The predicted octanol–water partition coefficient (Wildman–Crippen LogP) is 6.08. The monoisotopic (exact) mass is 594 g/mol. The van der Waals surface area contributed by atoms with Crippen molar-refractivity contribution in [3.8, 4) is 11.3 Å². The van der Waals surface area contributed by atoms with E-state index in [9.17, 15) is 26.4 Å². The third-order valence-electron chi connectivity index (χ3n) is 7.22. The Morgan fingerprint density at radius 1 is 1.10 bits per heavy atom. The summed E-state index contributed by atoms with van der Waals surface area (Å²) in [5.74, 6) is 0.521. The van der Waals surface area contributed by atoms with E-state index in [0.29, 0.717) is 41.7 Å². The highest BCUT2D eigenvalue weighted by Crippen LogP contribution is 2.39. The summed E-state index contributed by atoms with van der Waals surface area (Å²) in [6.07, 6.45) is 0.810. The molecule has 0 saturated heterocycles. The number of sulfonamides is 1. The summed E-state index contributed by atoms with van der Waals surface area (Å²) in [5, 5.41) is 10.5. The number of alkyl halides is 3. The number of halogens is 3. The van der Waals surface area contributed by atoms with E-state index in [1.165, 1.54) is 6.07 Å². The van der Waals surface area contributed by atoms with E-state index < -0.39 is 32.2 Å². The van der Waals surface area contributed by atoms with Gasteiger partial charge in [0.1, 0.15) is 5.84 Å². The Kier molecular flexibility index (Phi) is 9.07.